The normalized spacial score (nSPS) is 20.8. The van der Waals surface area contributed by atoms with E-state index >= 15 is 0 Å². The zero-order valence-electron chi connectivity index (χ0n) is 16.5. The number of amides is 1. The molecular formula is C23H25N3O3. The van der Waals surface area contributed by atoms with Crippen molar-refractivity contribution >= 4 is 16.8 Å². The fourth-order valence-corrected chi connectivity index (χ4v) is 4.66. The van der Waals surface area contributed by atoms with E-state index in [0.717, 1.165) is 42.9 Å². The Balaban J connectivity index is 1.37. The van der Waals surface area contributed by atoms with Gasteiger partial charge in [0.15, 0.2) is 6.61 Å². The van der Waals surface area contributed by atoms with E-state index in [4.69, 9.17) is 9.47 Å². The van der Waals surface area contributed by atoms with Gasteiger partial charge in [0, 0.05) is 36.2 Å². The summed E-state index contributed by atoms with van der Waals surface area (Å²) in [4.78, 5) is 18.3. The van der Waals surface area contributed by atoms with Crippen molar-refractivity contribution in [3.63, 3.8) is 0 Å². The number of carbonyl (C=O) groups is 1. The zero-order valence-corrected chi connectivity index (χ0v) is 16.5. The first-order chi connectivity index (χ1) is 14.2. The van der Waals surface area contributed by atoms with Crippen LogP contribution in [0.5, 0.6) is 11.5 Å². The molecule has 0 radical (unpaired) electrons. The van der Waals surface area contributed by atoms with Gasteiger partial charge in [0.05, 0.1) is 12.6 Å². The minimum Gasteiger partial charge on any atom is -0.497 e. The van der Waals surface area contributed by atoms with Crippen molar-refractivity contribution in [3.8, 4) is 11.5 Å². The Labute approximate surface area is 169 Å². The number of aromatic nitrogens is 1. The molecular weight excluding hydrogens is 366 g/mol. The summed E-state index contributed by atoms with van der Waals surface area (Å²) in [6, 6.07) is 15.6. The number of para-hydroxylation sites is 1. The van der Waals surface area contributed by atoms with E-state index in [-0.39, 0.29) is 18.1 Å². The summed E-state index contributed by atoms with van der Waals surface area (Å²) in [5.74, 6) is 1.61. The Morgan fingerprint density at radius 1 is 1.17 bits per heavy atom. The average Bonchev–Trinajstić information content (AvgIpc) is 3.36. The maximum atomic E-state index is 12.8. The van der Waals surface area contributed by atoms with Gasteiger partial charge in [0.25, 0.3) is 5.91 Å². The van der Waals surface area contributed by atoms with Crippen molar-refractivity contribution in [1.82, 2.24) is 15.2 Å². The molecule has 6 nitrogen and oxygen atoms in total. The van der Waals surface area contributed by atoms with E-state index in [2.05, 4.69) is 22.4 Å². The lowest BCUT2D eigenvalue weighted by Crippen LogP contribution is -2.50. The van der Waals surface area contributed by atoms with E-state index in [1.54, 1.807) is 7.11 Å². The van der Waals surface area contributed by atoms with E-state index in [0.29, 0.717) is 6.54 Å². The van der Waals surface area contributed by atoms with Crippen molar-refractivity contribution in [2.24, 2.45) is 0 Å². The molecule has 2 N–H and O–H groups in total. The minimum absolute atomic E-state index is 0.0254. The van der Waals surface area contributed by atoms with Crippen molar-refractivity contribution in [3.05, 3.63) is 59.8 Å². The van der Waals surface area contributed by atoms with E-state index in [9.17, 15) is 4.79 Å². The van der Waals surface area contributed by atoms with Crippen LogP contribution in [-0.2, 0) is 16.8 Å². The number of fused-ring (bicyclic) bond motifs is 4. The predicted molar refractivity (Wildman–Crippen MR) is 111 cm³/mol. The van der Waals surface area contributed by atoms with Crippen LogP contribution >= 0.6 is 0 Å². The molecule has 150 valence electrons. The second kappa shape index (κ2) is 7.12. The van der Waals surface area contributed by atoms with Crippen LogP contribution in [0.15, 0.2) is 48.5 Å². The molecule has 6 heteroatoms. The molecule has 0 bridgehead atoms. The van der Waals surface area contributed by atoms with E-state index in [1.807, 2.05) is 41.3 Å². The SMILES string of the molecule is COc1ccc2[nH]c3c(c2c1)CCNC31CCN(C(=O)COc2ccccc2)C1. The number of likely N-dealkylation sites (tertiary alicyclic amines) is 1. The number of methoxy groups -OCH3 is 1. The first-order valence-corrected chi connectivity index (χ1v) is 10.1. The number of H-pyrrole nitrogens is 1. The number of aromatic amines is 1. The Kier molecular flexibility index (Phi) is 4.43. The summed E-state index contributed by atoms with van der Waals surface area (Å²) in [5, 5.41) is 4.92. The Hall–Kier alpha value is -2.99. The lowest BCUT2D eigenvalue weighted by molar-refractivity contribution is -0.132. The second-order valence-electron chi connectivity index (χ2n) is 7.82. The van der Waals surface area contributed by atoms with Gasteiger partial charge in [0.1, 0.15) is 11.5 Å². The number of hydrogen-bond acceptors (Lipinski definition) is 4. The molecule has 1 unspecified atom stereocenters. The minimum atomic E-state index is -0.220. The standard InChI is InChI=1S/C23H25N3O3/c1-28-17-7-8-20-19(13-17)18-9-11-24-23(22(18)25-20)10-12-26(15-23)21(27)14-29-16-5-3-2-4-6-16/h2-8,13,24-25H,9-12,14-15H2,1H3. The molecule has 0 saturated carbocycles. The molecule has 1 fully saturated rings. The van der Waals surface area contributed by atoms with Crippen molar-refractivity contribution in [2.45, 2.75) is 18.4 Å². The van der Waals surface area contributed by atoms with Crippen LogP contribution in [0.2, 0.25) is 0 Å². The van der Waals surface area contributed by atoms with Crippen LogP contribution in [0, 0.1) is 0 Å². The third-order valence-corrected chi connectivity index (χ3v) is 6.16. The lowest BCUT2D eigenvalue weighted by atomic mass is 9.86. The van der Waals surface area contributed by atoms with Gasteiger partial charge in [-0.2, -0.15) is 0 Å². The monoisotopic (exact) mass is 391 g/mol. The number of benzene rings is 2. The lowest BCUT2D eigenvalue weighted by Gasteiger charge is -2.35. The van der Waals surface area contributed by atoms with Gasteiger partial charge in [-0.25, -0.2) is 0 Å². The number of nitrogens with zero attached hydrogens (tertiary/aromatic N) is 1. The molecule has 0 aliphatic carbocycles. The molecule has 1 amide bonds. The number of nitrogens with one attached hydrogen (secondary N) is 2. The van der Waals surface area contributed by atoms with Crippen LogP contribution in [-0.4, -0.2) is 49.1 Å². The van der Waals surface area contributed by atoms with Gasteiger partial charge in [0.2, 0.25) is 0 Å². The third kappa shape index (κ3) is 3.13. The van der Waals surface area contributed by atoms with Gasteiger partial charge >= 0.3 is 0 Å². The maximum absolute atomic E-state index is 12.8. The summed E-state index contributed by atoms with van der Waals surface area (Å²) in [7, 11) is 1.70. The highest BCUT2D eigenvalue weighted by atomic mass is 16.5. The quantitative estimate of drug-likeness (QED) is 0.718. The molecule has 3 aromatic rings. The fraction of sp³-hybridized carbons (Fsp3) is 0.348. The summed E-state index contributed by atoms with van der Waals surface area (Å²) in [6.07, 6.45) is 1.86. The molecule has 29 heavy (non-hydrogen) atoms. The van der Waals surface area contributed by atoms with Crippen LogP contribution in [0.1, 0.15) is 17.7 Å². The maximum Gasteiger partial charge on any atom is 0.260 e. The molecule has 5 rings (SSSR count). The van der Waals surface area contributed by atoms with Crippen molar-refractivity contribution in [1.29, 1.82) is 0 Å². The molecule has 2 aromatic carbocycles. The summed E-state index contributed by atoms with van der Waals surface area (Å²) < 4.78 is 11.1. The smallest absolute Gasteiger partial charge is 0.260 e. The highest BCUT2D eigenvalue weighted by molar-refractivity contribution is 5.87. The second-order valence-corrected chi connectivity index (χ2v) is 7.82. The Morgan fingerprint density at radius 3 is 2.86 bits per heavy atom. The Bertz CT molecular complexity index is 1050. The van der Waals surface area contributed by atoms with Crippen LogP contribution in [0.4, 0.5) is 0 Å². The van der Waals surface area contributed by atoms with Crippen molar-refractivity contribution < 1.29 is 14.3 Å². The van der Waals surface area contributed by atoms with Crippen LogP contribution in [0.3, 0.4) is 0 Å². The fourth-order valence-electron chi connectivity index (χ4n) is 4.66. The van der Waals surface area contributed by atoms with Gasteiger partial charge in [-0.1, -0.05) is 18.2 Å². The largest absolute Gasteiger partial charge is 0.497 e. The first-order valence-electron chi connectivity index (χ1n) is 10.1. The molecule has 3 heterocycles. The molecule has 1 atom stereocenters. The Morgan fingerprint density at radius 2 is 2.03 bits per heavy atom. The molecule has 1 aromatic heterocycles. The molecule has 1 spiro atoms. The average molecular weight is 391 g/mol. The number of rotatable bonds is 4. The van der Waals surface area contributed by atoms with Gasteiger partial charge in [-0.15, -0.1) is 0 Å². The highest BCUT2D eigenvalue weighted by Gasteiger charge is 2.45. The molecule has 2 aliphatic rings. The van der Waals surface area contributed by atoms with Gasteiger partial charge in [-0.3, -0.25) is 4.79 Å². The summed E-state index contributed by atoms with van der Waals surface area (Å²) in [5.41, 5.74) is 3.46. The summed E-state index contributed by atoms with van der Waals surface area (Å²) >= 11 is 0. The summed E-state index contributed by atoms with van der Waals surface area (Å²) in [6.45, 7) is 2.35. The number of hydrogen-bond donors (Lipinski definition) is 2. The third-order valence-electron chi connectivity index (χ3n) is 6.16. The van der Waals surface area contributed by atoms with Crippen molar-refractivity contribution in [2.75, 3.05) is 33.4 Å². The first kappa shape index (κ1) is 18.1. The topological polar surface area (TPSA) is 66.6 Å². The number of carbonyl (C=O) groups excluding carboxylic acids is 1. The van der Waals surface area contributed by atoms with E-state index in [1.165, 1.54) is 16.6 Å². The molecule has 2 aliphatic heterocycles. The van der Waals surface area contributed by atoms with E-state index < -0.39 is 0 Å². The van der Waals surface area contributed by atoms with Crippen LogP contribution in [0.25, 0.3) is 10.9 Å². The number of ether oxygens (including phenoxy) is 2. The van der Waals surface area contributed by atoms with Gasteiger partial charge < -0.3 is 24.7 Å². The van der Waals surface area contributed by atoms with Gasteiger partial charge in [-0.05, 0) is 48.7 Å². The zero-order chi connectivity index (χ0) is 19.8. The van der Waals surface area contributed by atoms with Crippen LogP contribution < -0.4 is 14.8 Å². The highest BCUT2D eigenvalue weighted by Crippen LogP contribution is 2.40. The molecule has 1 saturated heterocycles. The predicted octanol–water partition coefficient (Wildman–Crippen LogP) is 2.83.